The van der Waals surface area contributed by atoms with Crippen LogP contribution in [0, 0.1) is 27.7 Å². The van der Waals surface area contributed by atoms with E-state index in [9.17, 15) is 9.59 Å². The minimum atomic E-state index is -0.103. The molecule has 4 rings (SSSR count). The van der Waals surface area contributed by atoms with Crippen molar-refractivity contribution in [1.82, 2.24) is 14.9 Å². The molecule has 29 heavy (non-hydrogen) atoms. The van der Waals surface area contributed by atoms with Crippen LogP contribution in [0.4, 0.5) is 0 Å². The van der Waals surface area contributed by atoms with Crippen LogP contribution in [0.1, 0.15) is 58.3 Å². The Morgan fingerprint density at radius 2 is 2.03 bits per heavy atom. The highest BCUT2D eigenvalue weighted by atomic mass is 32.1. The first-order chi connectivity index (χ1) is 13.8. The number of aromatic nitrogens is 2. The lowest BCUT2D eigenvalue weighted by molar-refractivity contribution is -0.132. The number of amides is 1. The Hall–Kier alpha value is -2.47. The number of carbonyl (C=O) groups excluding carboxylic acids is 1. The van der Waals surface area contributed by atoms with E-state index in [4.69, 9.17) is 0 Å². The Morgan fingerprint density at radius 1 is 1.24 bits per heavy atom. The molecule has 0 radical (unpaired) electrons. The average Bonchev–Trinajstić information content (AvgIpc) is 3.27. The van der Waals surface area contributed by atoms with Gasteiger partial charge in [0.25, 0.3) is 5.56 Å². The first kappa shape index (κ1) is 19.8. The lowest BCUT2D eigenvalue weighted by atomic mass is 9.99. The van der Waals surface area contributed by atoms with Gasteiger partial charge in [-0.3, -0.25) is 9.59 Å². The lowest BCUT2D eigenvalue weighted by Crippen LogP contribution is -2.31. The van der Waals surface area contributed by atoms with Crippen molar-refractivity contribution in [1.29, 1.82) is 0 Å². The number of hydrogen-bond acceptors (Lipinski definition) is 4. The predicted octanol–water partition coefficient (Wildman–Crippen LogP) is 4.51. The molecule has 152 valence electrons. The maximum absolute atomic E-state index is 13.0. The van der Waals surface area contributed by atoms with Crippen LogP contribution in [0.3, 0.4) is 0 Å². The van der Waals surface area contributed by atoms with E-state index in [0.717, 1.165) is 34.7 Å². The normalized spacial score (nSPS) is 16.7. The monoisotopic (exact) mass is 409 g/mol. The Kier molecular flexibility index (Phi) is 5.30. The van der Waals surface area contributed by atoms with Crippen LogP contribution in [0.2, 0.25) is 0 Å². The van der Waals surface area contributed by atoms with Crippen molar-refractivity contribution in [2.75, 3.05) is 6.54 Å². The third kappa shape index (κ3) is 3.73. The molecule has 0 saturated carbocycles. The first-order valence-corrected chi connectivity index (χ1v) is 11.0. The van der Waals surface area contributed by atoms with E-state index in [1.807, 2.05) is 18.7 Å². The highest BCUT2D eigenvalue weighted by Crippen LogP contribution is 2.33. The molecule has 1 fully saturated rings. The summed E-state index contributed by atoms with van der Waals surface area (Å²) in [6, 6.07) is 6.65. The second-order valence-corrected chi connectivity index (χ2v) is 9.27. The van der Waals surface area contributed by atoms with Crippen LogP contribution >= 0.6 is 11.3 Å². The third-order valence-electron chi connectivity index (χ3n) is 6.15. The molecule has 2 aromatic heterocycles. The van der Waals surface area contributed by atoms with Gasteiger partial charge in [-0.2, -0.15) is 0 Å². The second kappa shape index (κ2) is 7.75. The van der Waals surface area contributed by atoms with Gasteiger partial charge in [0.1, 0.15) is 10.7 Å². The van der Waals surface area contributed by atoms with Crippen molar-refractivity contribution in [3.05, 3.63) is 61.5 Å². The van der Waals surface area contributed by atoms with Gasteiger partial charge in [0.15, 0.2) is 0 Å². The van der Waals surface area contributed by atoms with Gasteiger partial charge in [0, 0.05) is 24.3 Å². The van der Waals surface area contributed by atoms with Crippen molar-refractivity contribution in [2.45, 2.75) is 59.4 Å². The largest absolute Gasteiger partial charge is 0.336 e. The Balaban J connectivity index is 1.50. The molecule has 3 heterocycles. The molecule has 5 nitrogen and oxygen atoms in total. The van der Waals surface area contributed by atoms with Crippen LogP contribution in [0.15, 0.2) is 23.0 Å². The third-order valence-corrected chi connectivity index (χ3v) is 7.25. The fraction of sp³-hybridized carbons (Fsp3) is 0.435. The molecule has 1 aliphatic rings. The SMILES string of the molecule is Cc1ccc(C2CCCN2C(=O)CCc2nc3sc(C)c(C)c3c(=O)[nH]2)cc1C. The molecular formula is C23H27N3O2S. The average molecular weight is 410 g/mol. The number of aryl methyl sites for hydroxylation is 5. The number of H-pyrrole nitrogens is 1. The lowest BCUT2D eigenvalue weighted by Gasteiger charge is -2.25. The van der Waals surface area contributed by atoms with Crippen LogP contribution in [0.25, 0.3) is 10.2 Å². The van der Waals surface area contributed by atoms with E-state index in [0.29, 0.717) is 24.1 Å². The van der Waals surface area contributed by atoms with Crippen molar-refractivity contribution in [2.24, 2.45) is 0 Å². The number of benzene rings is 1. The molecular weight excluding hydrogens is 382 g/mol. The number of rotatable bonds is 4. The summed E-state index contributed by atoms with van der Waals surface area (Å²) in [6.45, 7) is 8.98. The van der Waals surface area contributed by atoms with Gasteiger partial charge in [-0.1, -0.05) is 18.2 Å². The molecule has 6 heteroatoms. The molecule has 1 aromatic carbocycles. The number of hydrogen-bond donors (Lipinski definition) is 1. The quantitative estimate of drug-likeness (QED) is 0.689. The minimum absolute atomic E-state index is 0.103. The number of aromatic amines is 1. The first-order valence-electron chi connectivity index (χ1n) is 10.2. The Labute approximate surface area is 174 Å². The highest BCUT2D eigenvalue weighted by molar-refractivity contribution is 7.18. The summed E-state index contributed by atoms with van der Waals surface area (Å²) in [7, 11) is 0. The molecule has 1 saturated heterocycles. The molecule has 0 aliphatic carbocycles. The van der Waals surface area contributed by atoms with Gasteiger partial charge in [-0.25, -0.2) is 4.98 Å². The van der Waals surface area contributed by atoms with Gasteiger partial charge < -0.3 is 9.88 Å². The molecule has 0 bridgehead atoms. The standard InChI is InChI=1S/C23H27N3O2S/c1-13-7-8-17(12-14(13)2)18-6-5-11-26(18)20(27)10-9-19-24-22(28)21-15(3)16(4)29-23(21)25-19/h7-8,12,18H,5-6,9-11H2,1-4H3,(H,24,25,28). The van der Waals surface area contributed by atoms with Crippen molar-refractivity contribution < 1.29 is 4.79 Å². The second-order valence-electron chi connectivity index (χ2n) is 8.06. The van der Waals surface area contributed by atoms with Gasteiger partial charge in [0.05, 0.1) is 11.4 Å². The number of nitrogens with zero attached hydrogens (tertiary/aromatic N) is 2. The zero-order valence-corrected chi connectivity index (χ0v) is 18.3. The Bertz CT molecular complexity index is 1140. The number of nitrogens with one attached hydrogen (secondary N) is 1. The van der Waals surface area contributed by atoms with Crippen LogP contribution in [-0.2, 0) is 11.2 Å². The van der Waals surface area contributed by atoms with Crippen LogP contribution < -0.4 is 5.56 Å². The summed E-state index contributed by atoms with van der Waals surface area (Å²) < 4.78 is 0. The zero-order chi connectivity index (χ0) is 20.7. The highest BCUT2D eigenvalue weighted by Gasteiger charge is 2.29. The van der Waals surface area contributed by atoms with Crippen molar-refractivity contribution >= 4 is 27.5 Å². The number of carbonyl (C=O) groups is 1. The molecule has 1 unspecified atom stereocenters. The maximum Gasteiger partial charge on any atom is 0.259 e. The van der Waals surface area contributed by atoms with Gasteiger partial charge in [0.2, 0.25) is 5.91 Å². The Morgan fingerprint density at radius 3 is 2.79 bits per heavy atom. The van der Waals surface area contributed by atoms with E-state index in [1.54, 1.807) is 11.3 Å². The van der Waals surface area contributed by atoms with Gasteiger partial charge in [-0.15, -0.1) is 11.3 Å². The van der Waals surface area contributed by atoms with Gasteiger partial charge in [-0.05, 0) is 62.8 Å². The smallest absolute Gasteiger partial charge is 0.259 e. The minimum Gasteiger partial charge on any atom is -0.336 e. The van der Waals surface area contributed by atoms with E-state index in [2.05, 4.69) is 42.0 Å². The summed E-state index contributed by atoms with van der Waals surface area (Å²) in [5.41, 5.74) is 4.65. The number of likely N-dealkylation sites (tertiary alicyclic amines) is 1. The number of fused-ring (bicyclic) bond motifs is 1. The van der Waals surface area contributed by atoms with E-state index >= 15 is 0 Å². The van der Waals surface area contributed by atoms with Crippen LogP contribution in [-0.4, -0.2) is 27.3 Å². The molecule has 0 spiro atoms. The fourth-order valence-corrected chi connectivity index (χ4v) is 5.22. The number of thiophene rings is 1. The molecule has 1 atom stereocenters. The van der Waals surface area contributed by atoms with Crippen molar-refractivity contribution in [3.8, 4) is 0 Å². The van der Waals surface area contributed by atoms with E-state index in [1.165, 1.54) is 16.7 Å². The van der Waals surface area contributed by atoms with Crippen LogP contribution in [0.5, 0.6) is 0 Å². The molecule has 3 aromatic rings. The summed E-state index contributed by atoms with van der Waals surface area (Å²) in [5.74, 6) is 0.728. The van der Waals surface area contributed by atoms with E-state index in [-0.39, 0.29) is 17.5 Å². The molecule has 1 amide bonds. The summed E-state index contributed by atoms with van der Waals surface area (Å²) >= 11 is 1.54. The topological polar surface area (TPSA) is 66.1 Å². The van der Waals surface area contributed by atoms with E-state index < -0.39 is 0 Å². The summed E-state index contributed by atoms with van der Waals surface area (Å²) in [6.07, 6.45) is 2.84. The van der Waals surface area contributed by atoms with Crippen molar-refractivity contribution in [3.63, 3.8) is 0 Å². The molecule has 1 aliphatic heterocycles. The summed E-state index contributed by atoms with van der Waals surface area (Å²) in [4.78, 5) is 36.8. The molecule has 1 N–H and O–H groups in total. The predicted molar refractivity (Wildman–Crippen MR) is 118 cm³/mol. The maximum atomic E-state index is 13.0. The summed E-state index contributed by atoms with van der Waals surface area (Å²) in [5, 5.41) is 0.678. The van der Waals surface area contributed by atoms with Gasteiger partial charge >= 0.3 is 0 Å². The fourth-order valence-electron chi connectivity index (χ4n) is 4.17. The zero-order valence-electron chi connectivity index (χ0n) is 17.5.